The number of rotatable bonds is 3. The lowest BCUT2D eigenvalue weighted by Crippen LogP contribution is -2.26. The molecule has 2 aromatic carbocycles. The highest BCUT2D eigenvalue weighted by Gasteiger charge is 2.09. The normalized spacial score (nSPS) is 10.4. The van der Waals surface area contributed by atoms with E-state index in [1.165, 1.54) is 11.8 Å². The first-order chi connectivity index (χ1) is 11.1. The molecule has 4 nitrogen and oxygen atoms in total. The number of benzene rings is 2. The van der Waals surface area contributed by atoms with Gasteiger partial charge in [-0.05, 0) is 35.2 Å². The molecule has 1 aromatic heterocycles. The minimum absolute atomic E-state index is 0.376. The van der Waals surface area contributed by atoms with Crippen molar-refractivity contribution in [3.8, 4) is 11.1 Å². The third-order valence-electron chi connectivity index (χ3n) is 3.67. The van der Waals surface area contributed by atoms with Crippen LogP contribution in [0.1, 0.15) is 11.1 Å². The molecular formula is C19H15NO3. The molecule has 0 aliphatic heterocycles. The molecule has 0 radical (unpaired) electrons. The number of hydrogen-bond donors (Lipinski definition) is 1. The fourth-order valence-corrected chi connectivity index (χ4v) is 2.50. The van der Waals surface area contributed by atoms with Gasteiger partial charge in [0, 0.05) is 11.8 Å². The fourth-order valence-electron chi connectivity index (χ4n) is 2.50. The largest absolute Gasteiger partial charge is 0.464 e. The molecule has 0 saturated carbocycles. The van der Waals surface area contributed by atoms with Crippen molar-refractivity contribution in [2.75, 3.05) is 0 Å². The van der Waals surface area contributed by atoms with E-state index in [2.05, 4.69) is 12.1 Å². The van der Waals surface area contributed by atoms with Crippen LogP contribution in [-0.2, 0) is 6.42 Å². The summed E-state index contributed by atoms with van der Waals surface area (Å²) in [5.74, 6) is 0. The summed E-state index contributed by atoms with van der Waals surface area (Å²) >= 11 is 0. The summed E-state index contributed by atoms with van der Waals surface area (Å²) in [7, 11) is 0. The Bertz CT molecular complexity index is 880. The van der Waals surface area contributed by atoms with E-state index in [1.54, 1.807) is 12.1 Å². The van der Waals surface area contributed by atoms with E-state index >= 15 is 0 Å². The number of pyridine rings is 1. The third kappa shape index (κ3) is 3.21. The fraction of sp³-hybridized carbons (Fsp3) is 0.0526. The Labute approximate surface area is 133 Å². The highest BCUT2D eigenvalue weighted by Crippen LogP contribution is 2.17. The lowest BCUT2D eigenvalue weighted by Gasteiger charge is -2.06. The average molecular weight is 305 g/mol. The summed E-state index contributed by atoms with van der Waals surface area (Å²) in [6.07, 6.45) is 0.783. The smallest absolute Gasteiger partial charge is 0.418 e. The van der Waals surface area contributed by atoms with Gasteiger partial charge in [0.05, 0.1) is 0 Å². The number of hydrogen-bond acceptors (Lipinski definition) is 2. The molecule has 3 aromatic rings. The Kier molecular flexibility index (Phi) is 4.06. The van der Waals surface area contributed by atoms with Crippen LogP contribution in [0.2, 0.25) is 0 Å². The SMILES string of the molecule is O=C(O)n1cccc(-c2ccc(Cc3ccccc3)cc2)c1=O. The molecule has 3 rings (SSSR count). The molecule has 0 fully saturated rings. The van der Waals surface area contributed by atoms with E-state index in [0.717, 1.165) is 12.0 Å². The van der Waals surface area contributed by atoms with Crippen molar-refractivity contribution in [1.29, 1.82) is 0 Å². The lowest BCUT2D eigenvalue weighted by molar-refractivity contribution is 0.195. The predicted molar refractivity (Wildman–Crippen MR) is 88.8 cm³/mol. The van der Waals surface area contributed by atoms with Gasteiger partial charge in [-0.15, -0.1) is 0 Å². The van der Waals surface area contributed by atoms with Gasteiger partial charge in [-0.25, -0.2) is 9.36 Å². The maximum absolute atomic E-state index is 12.2. The van der Waals surface area contributed by atoms with E-state index in [0.29, 0.717) is 15.7 Å². The molecule has 0 spiro atoms. The average Bonchev–Trinajstić information content (AvgIpc) is 2.57. The predicted octanol–water partition coefficient (Wildman–Crippen LogP) is 3.63. The van der Waals surface area contributed by atoms with Gasteiger partial charge in [-0.2, -0.15) is 0 Å². The van der Waals surface area contributed by atoms with E-state index in [-0.39, 0.29) is 0 Å². The van der Waals surface area contributed by atoms with Crippen LogP contribution in [0.15, 0.2) is 77.7 Å². The number of carboxylic acid groups (broad SMARTS) is 1. The van der Waals surface area contributed by atoms with Gasteiger partial charge in [0.25, 0.3) is 5.56 Å². The molecule has 1 N–H and O–H groups in total. The second-order valence-electron chi connectivity index (χ2n) is 5.24. The Hall–Kier alpha value is -3.14. The maximum atomic E-state index is 12.2. The molecular weight excluding hydrogens is 290 g/mol. The van der Waals surface area contributed by atoms with Crippen LogP contribution in [0.25, 0.3) is 11.1 Å². The molecule has 0 saturated heterocycles. The standard InChI is InChI=1S/C19H15NO3/c21-18-17(7-4-12-20(18)19(22)23)16-10-8-15(9-11-16)13-14-5-2-1-3-6-14/h1-12H,13H2,(H,22,23). The second-order valence-corrected chi connectivity index (χ2v) is 5.24. The van der Waals surface area contributed by atoms with Crippen LogP contribution in [0.3, 0.4) is 0 Å². The molecule has 0 aliphatic carbocycles. The van der Waals surface area contributed by atoms with Crippen LogP contribution >= 0.6 is 0 Å². The Morgan fingerprint density at radius 1 is 0.870 bits per heavy atom. The first-order valence-electron chi connectivity index (χ1n) is 7.23. The van der Waals surface area contributed by atoms with Crippen LogP contribution in [-0.4, -0.2) is 15.8 Å². The lowest BCUT2D eigenvalue weighted by atomic mass is 10.0. The molecule has 0 bridgehead atoms. The van der Waals surface area contributed by atoms with Crippen molar-refractivity contribution in [2.45, 2.75) is 6.42 Å². The van der Waals surface area contributed by atoms with E-state index < -0.39 is 11.7 Å². The highest BCUT2D eigenvalue weighted by atomic mass is 16.4. The van der Waals surface area contributed by atoms with Gasteiger partial charge in [-0.1, -0.05) is 54.6 Å². The molecule has 0 amide bonds. The maximum Gasteiger partial charge on any atom is 0.418 e. The highest BCUT2D eigenvalue weighted by molar-refractivity contribution is 5.71. The molecule has 1 heterocycles. The van der Waals surface area contributed by atoms with Gasteiger partial charge < -0.3 is 5.11 Å². The first-order valence-corrected chi connectivity index (χ1v) is 7.23. The third-order valence-corrected chi connectivity index (χ3v) is 3.67. The van der Waals surface area contributed by atoms with Crippen molar-refractivity contribution >= 4 is 6.09 Å². The van der Waals surface area contributed by atoms with Gasteiger partial charge in [0.1, 0.15) is 0 Å². The molecule has 0 atom stereocenters. The van der Waals surface area contributed by atoms with Gasteiger partial charge in [0.2, 0.25) is 0 Å². The van der Waals surface area contributed by atoms with E-state index in [4.69, 9.17) is 5.11 Å². The van der Waals surface area contributed by atoms with Crippen LogP contribution < -0.4 is 5.56 Å². The van der Waals surface area contributed by atoms with Crippen LogP contribution in [0.5, 0.6) is 0 Å². The van der Waals surface area contributed by atoms with Crippen LogP contribution in [0, 0.1) is 0 Å². The second kappa shape index (κ2) is 6.32. The Morgan fingerprint density at radius 3 is 2.17 bits per heavy atom. The molecule has 114 valence electrons. The van der Waals surface area contributed by atoms with Crippen molar-refractivity contribution in [3.05, 3.63) is 94.4 Å². The van der Waals surface area contributed by atoms with E-state index in [9.17, 15) is 9.59 Å². The summed E-state index contributed by atoms with van der Waals surface area (Å²) in [5.41, 5.74) is 2.90. The summed E-state index contributed by atoms with van der Waals surface area (Å²) in [4.78, 5) is 23.2. The minimum Gasteiger partial charge on any atom is -0.464 e. The minimum atomic E-state index is -1.28. The zero-order valence-corrected chi connectivity index (χ0v) is 12.3. The first kappa shape index (κ1) is 14.8. The van der Waals surface area contributed by atoms with Crippen molar-refractivity contribution in [1.82, 2.24) is 4.57 Å². The summed E-state index contributed by atoms with van der Waals surface area (Å²) in [6.45, 7) is 0. The van der Waals surface area contributed by atoms with Gasteiger partial charge in [0.15, 0.2) is 0 Å². The molecule has 0 aliphatic rings. The van der Waals surface area contributed by atoms with Crippen molar-refractivity contribution < 1.29 is 9.90 Å². The van der Waals surface area contributed by atoms with Crippen molar-refractivity contribution in [2.24, 2.45) is 0 Å². The summed E-state index contributed by atoms with van der Waals surface area (Å²) < 4.78 is 0.688. The Balaban J connectivity index is 1.90. The van der Waals surface area contributed by atoms with Crippen LogP contribution in [0.4, 0.5) is 4.79 Å². The number of nitrogens with zero attached hydrogens (tertiary/aromatic N) is 1. The number of carbonyl (C=O) groups is 1. The van der Waals surface area contributed by atoms with E-state index in [1.807, 2.05) is 42.5 Å². The molecule has 4 heteroatoms. The quantitative estimate of drug-likeness (QED) is 0.804. The zero-order chi connectivity index (χ0) is 16.2. The van der Waals surface area contributed by atoms with Crippen molar-refractivity contribution in [3.63, 3.8) is 0 Å². The van der Waals surface area contributed by atoms with Gasteiger partial charge in [-0.3, -0.25) is 4.79 Å². The Morgan fingerprint density at radius 2 is 1.52 bits per heavy atom. The summed E-state index contributed by atoms with van der Waals surface area (Å²) in [5, 5.41) is 9.01. The zero-order valence-electron chi connectivity index (χ0n) is 12.3. The number of aromatic nitrogens is 1. The summed E-state index contributed by atoms with van der Waals surface area (Å²) in [6, 6.07) is 20.9. The topological polar surface area (TPSA) is 59.3 Å². The molecule has 23 heavy (non-hydrogen) atoms. The molecule has 0 unspecified atom stereocenters. The van der Waals surface area contributed by atoms with Gasteiger partial charge >= 0.3 is 6.09 Å². The monoisotopic (exact) mass is 305 g/mol.